The van der Waals surface area contributed by atoms with E-state index in [1.54, 1.807) is 29.2 Å². The highest BCUT2D eigenvalue weighted by Gasteiger charge is 2.29. The number of para-hydroxylation sites is 1. The Morgan fingerprint density at radius 3 is 2.59 bits per heavy atom. The van der Waals surface area contributed by atoms with Gasteiger partial charge in [-0.15, -0.1) is 0 Å². The number of amides is 3. The highest BCUT2D eigenvalue weighted by molar-refractivity contribution is 6.01. The van der Waals surface area contributed by atoms with E-state index in [-0.39, 0.29) is 30.7 Å². The SMILES string of the molecule is Cc1ccc(N2CCCN(Cc3ccc(F)cc3F)C2=O)c(NC(=O)COc2ccccc2)c1. The summed E-state index contributed by atoms with van der Waals surface area (Å²) in [7, 11) is 0. The average molecular weight is 466 g/mol. The first-order valence-electron chi connectivity index (χ1n) is 11.0. The van der Waals surface area contributed by atoms with E-state index in [9.17, 15) is 18.4 Å². The molecule has 1 aliphatic heterocycles. The first-order valence-corrected chi connectivity index (χ1v) is 11.0. The lowest BCUT2D eigenvalue weighted by molar-refractivity contribution is -0.118. The summed E-state index contributed by atoms with van der Waals surface area (Å²) >= 11 is 0. The van der Waals surface area contributed by atoms with Crippen molar-refractivity contribution in [3.05, 3.63) is 89.5 Å². The summed E-state index contributed by atoms with van der Waals surface area (Å²) in [5.74, 6) is -1.13. The second-order valence-electron chi connectivity index (χ2n) is 8.12. The number of rotatable bonds is 7. The van der Waals surface area contributed by atoms with Crippen LogP contribution in [0.5, 0.6) is 5.75 Å². The second kappa shape index (κ2) is 10.3. The first kappa shape index (κ1) is 23.2. The number of hydrogen-bond donors (Lipinski definition) is 1. The van der Waals surface area contributed by atoms with Gasteiger partial charge in [-0.1, -0.05) is 30.3 Å². The Labute approximate surface area is 196 Å². The normalized spacial score (nSPS) is 13.7. The molecule has 3 amide bonds. The van der Waals surface area contributed by atoms with E-state index >= 15 is 0 Å². The van der Waals surface area contributed by atoms with Gasteiger partial charge in [-0.05, 0) is 49.2 Å². The van der Waals surface area contributed by atoms with Crippen LogP contribution in [0, 0.1) is 18.6 Å². The highest BCUT2D eigenvalue weighted by atomic mass is 19.1. The maximum Gasteiger partial charge on any atom is 0.324 e. The molecular weight excluding hydrogens is 440 g/mol. The maximum absolute atomic E-state index is 14.1. The predicted octanol–water partition coefficient (Wildman–Crippen LogP) is 5.12. The third-order valence-electron chi connectivity index (χ3n) is 5.52. The number of anilines is 2. The number of aryl methyl sites for hydroxylation is 1. The molecule has 0 unspecified atom stereocenters. The summed E-state index contributed by atoms with van der Waals surface area (Å²) in [5, 5.41) is 2.84. The number of ether oxygens (including phenoxy) is 1. The van der Waals surface area contributed by atoms with Gasteiger partial charge in [0.2, 0.25) is 0 Å². The van der Waals surface area contributed by atoms with Gasteiger partial charge in [0.1, 0.15) is 17.4 Å². The van der Waals surface area contributed by atoms with Crippen molar-refractivity contribution in [3.63, 3.8) is 0 Å². The van der Waals surface area contributed by atoms with Crippen molar-refractivity contribution in [2.45, 2.75) is 19.9 Å². The molecule has 0 atom stereocenters. The van der Waals surface area contributed by atoms with Gasteiger partial charge < -0.3 is 15.0 Å². The molecule has 1 N–H and O–H groups in total. The zero-order chi connectivity index (χ0) is 24.1. The van der Waals surface area contributed by atoms with Gasteiger partial charge in [-0.3, -0.25) is 9.69 Å². The summed E-state index contributed by atoms with van der Waals surface area (Å²) in [6.45, 7) is 2.64. The number of nitrogens with zero attached hydrogens (tertiary/aromatic N) is 2. The molecule has 1 fully saturated rings. The van der Waals surface area contributed by atoms with Crippen LogP contribution in [-0.2, 0) is 11.3 Å². The predicted molar refractivity (Wildman–Crippen MR) is 126 cm³/mol. The molecular formula is C26H25F2N3O3. The van der Waals surface area contributed by atoms with Crippen LogP contribution in [0.15, 0.2) is 66.7 Å². The quantitative estimate of drug-likeness (QED) is 0.527. The molecule has 34 heavy (non-hydrogen) atoms. The van der Waals surface area contributed by atoms with Crippen molar-refractivity contribution in [1.82, 2.24) is 4.90 Å². The van der Waals surface area contributed by atoms with Crippen molar-refractivity contribution in [1.29, 1.82) is 0 Å². The number of hydrogen-bond acceptors (Lipinski definition) is 3. The van der Waals surface area contributed by atoms with E-state index in [1.807, 2.05) is 31.2 Å². The molecule has 0 aliphatic carbocycles. The molecule has 1 heterocycles. The summed E-state index contributed by atoms with van der Waals surface area (Å²) in [5.41, 5.74) is 2.20. The van der Waals surface area contributed by atoms with Crippen LogP contribution in [0.1, 0.15) is 17.5 Å². The fraction of sp³-hybridized carbons (Fsp3) is 0.231. The van der Waals surface area contributed by atoms with Crippen molar-refractivity contribution in [3.8, 4) is 5.75 Å². The largest absolute Gasteiger partial charge is 0.484 e. The van der Waals surface area contributed by atoms with Crippen LogP contribution in [0.25, 0.3) is 0 Å². The van der Waals surface area contributed by atoms with Gasteiger partial charge >= 0.3 is 6.03 Å². The van der Waals surface area contributed by atoms with Crippen LogP contribution in [0.4, 0.5) is 25.0 Å². The Morgan fingerprint density at radius 2 is 1.82 bits per heavy atom. The van der Waals surface area contributed by atoms with Gasteiger partial charge in [0.15, 0.2) is 6.61 Å². The van der Waals surface area contributed by atoms with Gasteiger partial charge in [-0.2, -0.15) is 0 Å². The Kier molecular flexibility index (Phi) is 7.06. The van der Waals surface area contributed by atoms with Crippen LogP contribution < -0.4 is 15.0 Å². The Balaban J connectivity index is 1.49. The smallest absolute Gasteiger partial charge is 0.324 e. The number of carbonyl (C=O) groups is 2. The molecule has 1 aliphatic rings. The minimum atomic E-state index is -0.688. The average Bonchev–Trinajstić information content (AvgIpc) is 2.82. The van der Waals surface area contributed by atoms with Crippen LogP contribution in [0.2, 0.25) is 0 Å². The topological polar surface area (TPSA) is 61.9 Å². The number of nitrogens with one attached hydrogen (secondary N) is 1. The van der Waals surface area contributed by atoms with E-state index in [0.29, 0.717) is 36.6 Å². The molecule has 0 aromatic heterocycles. The lowest BCUT2D eigenvalue weighted by Gasteiger charge is -2.36. The molecule has 3 aromatic rings. The molecule has 1 saturated heterocycles. The molecule has 0 radical (unpaired) electrons. The number of halogens is 2. The van der Waals surface area contributed by atoms with Crippen molar-refractivity contribution >= 4 is 23.3 Å². The van der Waals surface area contributed by atoms with E-state index < -0.39 is 11.6 Å². The second-order valence-corrected chi connectivity index (χ2v) is 8.12. The molecule has 8 heteroatoms. The molecule has 0 spiro atoms. The standard InChI is InChI=1S/C26H25F2N3O3/c1-18-8-11-24(23(14-18)29-25(32)17-34-21-6-3-2-4-7-21)31-13-5-12-30(26(31)33)16-19-9-10-20(27)15-22(19)28/h2-4,6-11,14-15H,5,12-13,16-17H2,1H3,(H,29,32). The minimum absolute atomic E-state index is 0.0277. The number of urea groups is 1. The Hall–Kier alpha value is -3.94. The first-order chi connectivity index (χ1) is 16.4. The summed E-state index contributed by atoms with van der Waals surface area (Å²) in [6.07, 6.45) is 0.660. The monoisotopic (exact) mass is 465 g/mol. The highest BCUT2D eigenvalue weighted by Crippen LogP contribution is 2.30. The summed E-state index contributed by atoms with van der Waals surface area (Å²) in [4.78, 5) is 28.9. The minimum Gasteiger partial charge on any atom is -0.484 e. The van der Waals surface area contributed by atoms with Crippen LogP contribution >= 0.6 is 0 Å². The molecule has 0 bridgehead atoms. The fourth-order valence-corrected chi connectivity index (χ4v) is 3.84. The zero-order valence-corrected chi connectivity index (χ0v) is 18.8. The Bertz CT molecular complexity index is 1190. The van der Waals surface area contributed by atoms with Crippen LogP contribution in [0.3, 0.4) is 0 Å². The molecule has 0 saturated carbocycles. The van der Waals surface area contributed by atoms with Crippen LogP contribution in [-0.4, -0.2) is 36.5 Å². The van der Waals surface area contributed by atoms with Gasteiger partial charge in [0.05, 0.1) is 17.9 Å². The van der Waals surface area contributed by atoms with E-state index in [0.717, 1.165) is 11.6 Å². The molecule has 3 aromatic carbocycles. The van der Waals surface area contributed by atoms with E-state index in [2.05, 4.69) is 5.32 Å². The number of carbonyl (C=O) groups excluding carboxylic acids is 2. The van der Waals surface area contributed by atoms with Crippen molar-refractivity contribution in [2.75, 3.05) is 29.9 Å². The van der Waals surface area contributed by atoms with E-state index in [4.69, 9.17) is 4.74 Å². The lowest BCUT2D eigenvalue weighted by Crippen LogP contribution is -2.49. The molecule has 6 nitrogen and oxygen atoms in total. The van der Waals surface area contributed by atoms with Crippen molar-refractivity contribution < 1.29 is 23.1 Å². The Morgan fingerprint density at radius 1 is 1.03 bits per heavy atom. The zero-order valence-electron chi connectivity index (χ0n) is 18.8. The third kappa shape index (κ3) is 5.51. The molecule has 4 rings (SSSR count). The van der Waals surface area contributed by atoms with Crippen molar-refractivity contribution in [2.24, 2.45) is 0 Å². The summed E-state index contributed by atoms with van der Waals surface area (Å²) < 4.78 is 32.9. The van der Waals surface area contributed by atoms with Gasteiger partial charge in [-0.25, -0.2) is 13.6 Å². The van der Waals surface area contributed by atoms with Gasteiger partial charge in [0.25, 0.3) is 5.91 Å². The number of benzene rings is 3. The molecule has 176 valence electrons. The van der Waals surface area contributed by atoms with Gasteiger partial charge in [0, 0.05) is 24.7 Å². The third-order valence-corrected chi connectivity index (χ3v) is 5.52. The maximum atomic E-state index is 14.1. The lowest BCUT2D eigenvalue weighted by atomic mass is 10.1. The summed E-state index contributed by atoms with van der Waals surface area (Å²) in [6, 6.07) is 17.5. The van der Waals surface area contributed by atoms with E-state index in [1.165, 1.54) is 17.0 Å². The fourth-order valence-electron chi connectivity index (χ4n) is 3.84.